The molecule has 294 valence electrons. The number of pyridine rings is 2. The summed E-state index contributed by atoms with van der Waals surface area (Å²) in [7, 11) is 0. The quantitative estimate of drug-likeness (QED) is 0.137. The van der Waals surface area contributed by atoms with Crippen LogP contribution in [0.4, 0.5) is 14.0 Å². The van der Waals surface area contributed by atoms with Crippen molar-refractivity contribution in [2.24, 2.45) is 17.6 Å². The van der Waals surface area contributed by atoms with Gasteiger partial charge in [0.25, 0.3) is 5.56 Å². The Morgan fingerprint density at radius 1 is 1.07 bits per heavy atom. The van der Waals surface area contributed by atoms with Crippen LogP contribution in [0.3, 0.4) is 0 Å². The number of hydrogen-bond donors (Lipinski definition) is 2. The summed E-state index contributed by atoms with van der Waals surface area (Å²) in [6, 6.07) is 11.0. The zero-order valence-electron chi connectivity index (χ0n) is 32.4. The van der Waals surface area contributed by atoms with E-state index < -0.39 is 64.8 Å². The molecule has 2 aromatic carbocycles. The first-order chi connectivity index (χ1) is 26.4. The topological polar surface area (TPSA) is 178 Å². The lowest BCUT2D eigenvalue weighted by molar-refractivity contribution is -0.191. The SMILES string of the molecule is CC[C@@]1(OC(=O)[C@@H](NC(=O)OC(C)(C)C)C(C)C)C(=O)OCc2c1cc1n(c2=O)Cc2c-1nc1cc(F)c(C)c3c1c2CC(C(OC(N)=O)c1ccccc1)C3. The summed E-state index contributed by atoms with van der Waals surface area (Å²) in [5.41, 5.74) is 7.16. The molecule has 0 fully saturated rings. The molecule has 4 atom stereocenters. The van der Waals surface area contributed by atoms with Gasteiger partial charge in [0.2, 0.25) is 5.60 Å². The molecular weight excluding hydrogens is 723 g/mol. The van der Waals surface area contributed by atoms with E-state index in [1.165, 1.54) is 10.6 Å². The number of nitrogens with two attached hydrogens (primary N) is 1. The van der Waals surface area contributed by atoms with Gasteiger partial charge in [0, 0.05) is 28.5 Å². The van der Waals surface area contributed by atoms with Gasteiger partial charge in [0.15, 0.2) is 0 Å². The number of cyclic esters (lactones) is 1. The van der Waals surface area contributed by atoms with E-state index >= 15 is 4.39 Å². The van der Waals surface area contributed by atoms with E-state index in [-0.39, 0.29) is 36.6 Å². The van der Waals surface area contributed by atoms with Crippen LogP contribution in [0.15, 0.2) is 47.3 Å². The number of nitrogens with zero attached hydrogens (tertiary/aromatic N) is 2. The molecule has 0 radical (unpaired) electrons. The Kier molecular flexibility index (Phi) is 9.66. The van der Waals surface area contributed by atoms with Crippen molar-refractivity contribution in [3.63, 3.8) is 0 Å². The van der Waals surface area contributed by atoms with Crippen LogP contribution in [-0.2, 0) is 60.1 Å². The summed E-state index contributed by atoms with van der Waals surface area (Å²) in [5, 5.41) is 3.34. The second-order valence-electron chi connectivity index (χ2n) is 16.1. The normalized spacial score (nSPS) is 19.3. The molecule has 4 aromatic rings. The molecule has 2 unspecified atom stereocenters. The lowest BCUT2D eigenvalue weighted by atomic mass is 9.75. The van der Waals surface area contributed by atoms with Crippen LogP contribution in [0.1, 0.15) is 93.0 Å². The minimum atomic E-state index is -2.04. The lowest BCUT2D eigenvalue weighted by Crippen LogP contribution is -2.53. The molecule has 14 heteroatoms. The minimum Gasteiger partial charge on any atom is -0.457 e. The van der Waals surface area contributed by atoms with Crippen LogP contribution >= 0.6 is 0 Å². The maximum absolute atomic E-state index is 15.7. The number of alkyl carbamates (subject to hydrolysis) is 1. The molecule has 0 spiro atoms. The summed E-state index contributed by atoms with van der Waals surface area (Å²) in [6.07, 6.45) is -1.84. The third kappa shape index (κ3) is 6.54. The first kappa shape index (κ1) is 38.5. The van der Waals surface area contributed by atoms with Crippen molar-refractivity contribution in [1.29, 1.82) is 0 Å². The summed E-state index contributed by atoms with van der Waals surface area (Å²) >= 11 is 0. The van der Waals surface area contributed by atoms with Gasteiger partial charge in [-0.25, -0.2) is 28.6 Å². The predicted molar refractivity (Wildman–Crippen MR) is 202 cm³/mol. The van der Waals surface area contributed by atoms with Gasteiger partial charge in [0.1, 0.15) is 30.2 Å². The van der Waals surface area contributed by atoms with E-state index in [9.17, 15) is 24.0 Å². The number of carbonyl (C=O) groups excluding carboxylic acids is 4. The number of ether oxygens (including phenoxy) is 4. The Balaban J connectivity index is 1.35. The number of hydrogen-bond acceptors (Lipinski definition) is 10. The van der Waals surface area contributed by atoms with E-state index in [2.05, 4.69) is 5.32 Å². The summed E-state index contributed by atoms with van der Waals surface area (Å²) in [4.78, 5) is 72.0. The van der Waals surface area contributed by atoms with Crippen LogP contribution in [0, 0.1) is 24.6 Å². The maximum Gasteiger partial charge on any atom is 0.408 e. The Morgan fingerprint density at radius 3 is 2.41 bits per heavy atom. The highest BCUT2D eigenvalue weighted by Crippen LogP contribution is 2.47. The van der Waals surface area contributed by atoms with E-state index in [4.69, 9.17) is 29.7 Å². The number of primary amides is 1. The molecule has 0 saturated heterocycles. The van der Waals surface area contributed by atoms with Gasteiger partial charge in [-0.05, 0) is 81.2 Å². The Bertz CT molecular complexity index is 2370. The van der Waals surface area contributed by atoms with Crippen LogP contribution in [0.2, 0.25) is 0 Å². The second kappa shape index (κ2) is 14.1. The first-order valence-electron chi connectivity index (χ1n) is 18.8. The monoisotopic (exact) mass is 768 g/mol. The summed E-state index contributed by atoms with van der Waals surface area (Å²) < 4.78 is 39.9. The van der Waals surface area contributed by atoms with Gasteiger partial charge in [-0.2, -0.15) is 0 Å². The van der Waals surface area contributed by atoms with E-state index in [0.29, 0.717) is 35.3 Å². The summed E-state index contributed by atoms with van der Waals surface area (Å²) in [6.45, 7) is 11.6. The Hall–Kier alpha value is -5.79. The number of carbonyl (C=O) groups is 4. The molecule has 3 N–H and O–H groups in total. The molecule has 2 aromatic heterocycles. The van der Waals surface area contributed by atoms with Crippen LogP contribution in [-0.4, -0.2) is 45.3 Å². The van der Waals surface area contributed by atoms with Gasteiger partial charge in [-0.1, -0.05) is 51.1 Å². The molecule has 56 heavy (non-hydrogen) atoms. The van der Waals surface area contributed by atoms with Gasteiger partial charge in [0.05, 0.1) is 29.0 Å². The highest BCUT2D eigenvalue weighted by atomic mass is 19.1. The Morgan fingerprint density at radius 2 is 1.77 bits per heavy atom. The van der Waals surface area contributed by atoms with E-state index in [1.54, 1.807) is 54.5 Å². The highest BCUT2D eigenvalue weighted by molar-refractivity contribution is 5.93. The highest BCUT2D eigenvalue weighted by Gasteiger charge is 2.52. The zero-order valence-corrected chi connectivity index (χ0v) is 32.4. The Labute approximate surface area is 322 Å². The van der Waals surface area contributed by atoms with Crippen LogP contribution in [0.25, 0.3) is 22.3 Å². The van der Waals surface area contributed by atoms with Gasteiger partial charge in [-0.3, -0.25) is 4.79 Å². The van der Waals surface area contributed by atoms with Crippen molar-refractivity contribution in [3.8, 4) is 11.4 Å². The fourth-order valence-corrected chi connectivity index (χ4v) is 8.31. The number of amides is 2. The molecule has 0 bridgehead atoms. The smallest absolute Gasteiger partial charge is 0.408 e. The summed E-state index contributed by atoms with van der Waals surface area (Å²) in [5.74, 6) is -3.05. The molecule has 2 amide bonds. The molecule has 13 nitrogen and oxygen atoms in total. The van der Waals surface area contributed by atoms with Crippen molar-refractivity contribution in [1.82, 2.24) is 14.9 Å². The van der Waals surface area contributed by atoms with Gasteiger partial charge >= 0.3 is 24.1 Å². The molecule has 2 aliphatic heterocycles. The zero-order chi connectivity index (χ0) is 40.4. The maximum atomic E-state index is 15.7. The lowest BCUT2D eigenvalue weighted by Gasteiger charge is -2.37. The number of rotatable bonds is 8. The van der Waals surface area contributed by atoms with E-state index in [0.717, 1.165) is 27.6 Å². The van der Waals surface area contributed by atoms with Crippen molar-refractivity contribution >= 4 is 35.0 Å². The number of fused-ring (bicyclic) bond motifs is 5. The third-order valence-corrected chi connectivity index (χ3v) is 11.0. The fraction of sp³-hybridized carbons (Fsp3) is 0.429. The predicted octanol–water partition coefficient (Wildman–Crippen LogP) is 6.18. The molecular formula is C42H45FN4O9. The molecule has 1 aliphatic carbocycles. The molecule has 3 aliphatic rings. The number of benzene rings is 2. The minimum absolute atomic E-state index is 0.0930. The van der Waals surface area contributed by atoms with Crippen molar-refractivity contribution in [2.75, 3.05) is 0 Å². The van der Waals surface area contributed by atoms with Crippen LogP contribution in [0.5, 0.6) is 0 Å². The molecule has 4 heterocycles. The number of esters is 2. The average molecular weight is 769 g/mol. The number of nitrogens with one attached hydrogen (secondary N) is 1. The molecule has 0 saturated carbocycles. The number of aromatic nitrogens is 2. The average Bonchev–Trinajstić information content (AvgIpc) is 3.51. The largest absolute Gasteiger partial charge is 0.457 e. The van der Waals surface area contributed by atoms with Crippen molar-refractivity contribution < 1.29 is 42.5 Å². The fourth-order valence-electron chi connectivity index (χ4n) is 8.31. The van der Waals surface area contributed by atoms with Gasteiger partial charge in [-0.15, -0.1) is 0 Å². The third-order valence-electron chi connectivity index (χ3n) is 11.0. The van der Waals surface area contributed by atoms with E-state index in [1.807, 2.05) is 30.3 Å². The second-order valence-corrected chi connectivity index (χ2v) is 16.1. The van der Waals surface area contributed by atoms with Crippen molar-refractivity contribution in [2.45, 2.75) is 104 Å². The van der Waals surface area contributed by atoms with Crippen molar-refractivity contribution in [3.05, 3.63) is 97.6 Å². The van der Waals surface area contributed by atoms with Gasteiger partial charge < -0.3 is 34.6 Å². The standard InChI is InChI=1S/C42H45FN4O9/c1-8-42(55-37(49)33(20(2)3)46-40(52)56-41(5,6)7)28-16-31-34-26(18-47(31)36(48)27(28)19-53-38(42)50)25-15-23(35(54-39(44)51)22-12-10-9-11-13-22)14-24-21(4)29(43)17-30(45-34)32(24)25/h9-13,16-17,20,23,33,35H,8,14-15,18-19H2,1-7H3,(H2,44,51)(H,46,52)/t23?,33-,35?,42-/m0/s1. The number of halogens is 1. The molecule has 7 rings (SSSR count). The van der Waals surface area contributed by atoms with Crippen LogP contribution < -0.4 is 16.6 Å². The first-order valence-corrected chi connectivity index (χ1v) is 18.8.